The maximum atomic E-state index is 5.84. The van der Waals surface area contributed by atoms with E-state index in [4.69, 9.17) is 4.74 Å². The highest BCUT2D eigenvalue weighted by Crippen LogP contribution is 2.21. The predicted molar refractivity (Wildman–Crippen MR) is 87.9 cm³/mol. The Balaban J connectivity index is 2.28. The molecule has 0 aliphatic heterocycles. The van der Waals surface area contributed by atoms with Crippen LogP contribution in [0.25, 0.3) is 0 Å². The Kier molecular flexibility index (Phi) is 8.88. The number of hydrogen-bond acceptors (Lipinski definition) is 3. The lowest BCUT2D eigenvalue weighted by molar-refractivity contribution is 0.306. The number of unbranched alkanes of at least 4 members (excludes halogenated alkanes) is 1. The fourth-order valence-electron chi connectivity index (χ4n) is 2.20. The van der Waals surface area contributed by atoms with E-state index in [-0.39, 0.29) is 0 Å². The van der Waals surface area contributed by atoms with E-state index in [0.29, 0.717) is 0 Å². The van der Waals surface area contributed by atoms with Crippen molar-refractivity contribution in [2.24, 2.45) is 0 Å². The van der Waals surface area contributed by atoms with Gasteiger partial charge in [0.15, 0.2) is 0 Å². The van der Waals surface area contributed by atoms with E-state index in [0.717, 1.165) is 45.0 Å². The molecule has 1 rings (SSSR count). The molecule has 1 aromatic carbocycles. The van der Waals surface area contributed by atoms with Gasteiger partial charge < -0.3 is 15.0 Å². The van der Waals surface area contributed by atoms with Crippen molar-refractivity contribution in [2.75, 3.05) is 37.7 Å². The van der Waals surface area contributed by atoms with Gasteiger partial charge in [0.2, 0.25) is 0 Å². The predicted octanol–water partition coefficient (Wildman–Crippen LogP) is 3.69. The monoisotopic (exact) mass is 278 g/mol. The van der Waals surface area contributed by atoms with Gasteiger partial charge in [-0.3, -0.25) is 0 Å². The summed E-state index contributed by atoms with van der Waals surface area (Å²) in [5, 5.41) is 3.41. The number of nitrogens with one attached hydrogen (secondary N) is 1. The average Bonchev–Trinajstić information content (AvgIpc) is 2.48. The van der Waals surface area contributed by atoms with Crippen LogP contribution in [0.2, 0.25) is 0 Å². The highest BCUT2D eigenvalue weighted by molar-refractivity contribution is 5.50. The molecule has 0 heterocycles. The van der Waals surface area contributed by atoms with Crippen molar-refractivity contribution in [1.82, 2.24) is 5.32 Å². The van der Waals surface area contributed by atoms with E-state index in [1.54, 1.807) is 0 Å². The lowest BCUT2D eigenvalue weighted by atomic mass is 10.2. The molecular weight excluding hydrogens is 248 g/mol. The third kappa shape index (κ3) is 6.29. The Hall–Kier alpha value is -1.22. The van der Waals surface area contributed by atoms with E-state index in [9.17, 15) is 0 Å². The molecule has 0 fully saturated rings. The molecule has 0 bridgehead atoms. The Morgan fingerprint density at radius 1 is 1.05 bits per heavy atom. The van der Waals surface area contributed by atoms with Crippen LogP contribution in [0.5, 0.6) is 5.75 Å². The molecule has 1 N–H and O–H groups in total. The zero-order valence-corrected chi connectivity index (χ0v) is 13.3. The summed E-state index contributed by atoms with van der Waals surface area (Å²) in [4.78, 5) is 2.33. The largest absolute Gasteiger partial charge is 0.494 e. The smallest absolute Gasteiger partial charge is 0.121 e. The highest BCUT2D eigenvalue weighted by atomic mass is 16.5. The van der Waals surface area contributed by atoms with Gasteiger partial charge >= 0.3 is 0 Å². The molecule has 0 unspecified atom stereocenters. The van der Waals surface area contributed by atoms with Gasteiger partial charge in [-0.25, -0.2) is 0 Å². The molecule has 3 heteroatoms. The van der Waals surface area contributed by atoms with Crippen LogP contribution in [-0.2, 0) is 0 Å². The number of anilines is 1. The Morgan fingerprint density at radius 2 is 1.85 bits per heavy atom. The first-order valence-electron chi connectivity index (χ1n) is 8.00. The van der Waals surface area contributed by atoms with Crippen molar-refractivity contribution in [2.45, 2.75) is 40.0 Å². The summed E-state index contributed by atoms with van der Waals surface area (Å²) >= 11 is 0. The van der Waals surface area contributed by atoms with Gasteiger partial charge in [-0.1, -0.05) is 13.0 Å². The van der Waals surface area contributed by atoms with Gasteiger partial charge in [0, 0.05) is 24.8 Å². The minimum atomic E-state index is 0.801. The lowest BCUT2D eigenvalue weighted by Gasteiger charge is -2.21. The number of hydrogen-bond donors (Lipinski definition) is 1. The molecule has 0 aliphatic carbocycles. The normalized spacial score (nSPS) is 10.6. The molecule has 0 aliphatic rings. The zero-order chi connectivity index (χ0) is 14.6. The van der Waals surface area contributed by atoms with Crippen LogP contribution in [0, 0.1) is 0 Å². The molecule has 20 heavy (non-hydrogen) atoms. The van der Waals surface area contributed by atoms with Crippen molar-refractivity contribution in [1.29, 1.82) is 0 Å². The van der Waals surface area contributed by atoms with Crippen molar-refractivity contribution >= 4 is 5.69 Å². The topological polar surface area (TPSA) is 24.5 Å². The molecule has 0 amide bonds. The first kappa shape index (κ1) is 16.8. The third-order valence-corrected chi connectivity index (χ3v) is 3.39. The Bertz CT molecular complexity index is 351. The molecule has 1 aromatic rings. The molecule has 114 valence electrons. The van der Waals surface area contributed by atoms with Gasteiger partial charge in [-0.15, -0.1) is 0 Å². The quantitative estimate of drug-likeness (QED) is 0.625. The van der Waals surface area contributed by atoms with Crippen molar-refractivity contribution in [3.05, 3.63) is 24.3 Å². The van der Waals surface area contributed by atoms with Crippen molar-refractivity contribution in [3.63, 3.8) is 0 Å². The first-order valence-corrected chi connectivity index (χ1v) is 8.00. The lowest BCUT2D eigenvalue weighted by Crippen LogP contribution is -2.21. The summed E-state index contributed by atoms with van der Waals surface area (Å²) in [6, 6.07) is 8.41. The van der Waals surface area contributed by atoms with Gasteiger partial charge in [0.25, 0.3) is 0 Å². The Morgan fingerprint density at radius 3 is 2.55 bits per heavy atom. The molecule has 0 saturated heterocycles. The second kappa shape index (κ2) is 10.6. The second-order valence-corrected chi connectivity index (χ2v) is 4.98. The van der Waals surface area contributed by atoms with Crippen LogP contribution >= 0.6 is 0 Å². The van der Waals surface area contributed by atoms with Crippen LogP contribution < -0.4 is 15.0 Å². The van der Waals surface area contributed by atoms with E-state index in [1.807, 2.05) is 6.07 Å². The van der Waals surface area contributed by atoms with Crippen LogP contribution in [0.15, 0.2) is 24.3 Å². The van der Waals surface area contributed by atoms with E-state index >= 15 is 0 Å². The average molecular weight is 278 g/mol. The summed E-state index contributed by atoms with van der Waals surface area (Å²) < 4.78 is 5.84. The standard InChI is InChI=1S/C17H30N2O/c1-4-12-18-13-7-8-14-20-17-11-9-10-16(15-17)19(5-2)6-3/h9-11,15,18H,4-8,12-14H2,1-3H3. The van der Waals surface area contributed by atoms with Crippen LogP contribution in [0.4, 0.5) is 5.69 Å². The van der Waals surface area contributed by atoms with Gasteiger partial charge in [0.1, 0.15) is 5.75 Å². The second-order valence-electron chi connectivity index (χ2n) is 4.98. The Labute approximate surface area is 124 Å². The molecular formula is C17H30N2O. The molecule has 0 saturated carbocycles. The highest BCUT2D eigenvalue weighted by Gasteiger charge is 2.02. The molecule has 0 spiro atoms. The van der Waals surface area contributed by atoms with Crippen LogP contribution in [0.1, 0.15) is 40.0 Å². The maximum absolute atomic E-state index is 5.84. The number of rotatable bonds is 11. The summed E-state index contributed by atoms with van der Waals surface area (Å²) in [7, 11) is 0. The summed E-state index contributed by atoms with van der Waals surface area (Å²) in [6.45, 7) is 11.6. The van der Waals surface area contributed by atoms with E-state index in [1.165, 1.54) is 18.5 Å². The minimum absolute atomic E-state index is 0.801. The van der Waals surface area contributed by atoms with E-state index < -0.39 is 0 Å². The summed E-state index contributed by atoms with van der Waals surface area (Å²) in [5.41, 5.74) is 1.25. The third-order valence-electron chi connectivity index (χ3n) is 3.39. The fraction of sp³-hybridized carbons (Fsp3) is 0.647. The van der Waals surface area contributed by atoms with Crippen LogP contribution in [0.3, 0.4) is 0 Å². The van der Waals surface area contributed by atoms with Crippen LogP contribution in [-0.4, -0.2) is 32.8 Å². The molecule has 3 nitrogen and oxygen atoms in total. The summed E-state index contributed by atoms with van der Waals surface area (Å²) in [5.74, 6) is 0.982. The zero-order valence-electron chi connectivity index (χ0n) is 13.3. The SMILES string of the molecule is CCCNCCCCOc1cccc(N(CC)CC)c1. The van der Waals surface area contributed by atoms with E-state index in [2.05, 4.69) is 49.2 Å². The van der Waals surface area contributed by atoms with Gasteiger partial charge in [-0.05, 0) is 58.3 Å². The fourth-order valence-corrected chi connectivity index (χ4v) is 2.20. The van der Waals surface area contributed by atoms with Gasteiger partial charge in [0.05, 0.1) is 6.61 Å². The van der Waals surface area contributed by atoms with Crippen molar-refractivity contribution < 1.29 is 4.74 Å². The first-order chi connectivity index (χ1) is 9.81. The number of ether oxygens (including phenoxy) is 1. The number of nitrogens with zero attached hydrogens (tertiary/aromatic N) is 1. The number of benzene rings is 1. The minimum Gasteiger partial charge on any atom is -0.494 e. The van der Waals surface area contributed by atoms with Crippen molar-refractivity contribution in [3.8, 4) is 5.75 Å². The molecule has 0 aromatic heterocycles. The maximum Gasteiger partial charge on any atom is 0.121 e. The van der Waals surface area contributed by atoms with Gasteiger partial charge in [-0.2, -0.15) is 0 Å². The molecule has 0 radical (unpaired) electrons. The summed E-state index contributed by atoms with van der Waals surface area (Å²) in [6.07, 6.45) is 3.48. The molecule has 0 atom stereocenters.